The minimum atomic E-state index is -0.332. The van der Waals surface area contributed by atoms with Crippen molar-refractivity contribution < 1.29 is 4.74 Å². The van der Waals surface area contributed by atoms with Crippen LogP contribution in [-0.4, -0.2) is 24.3 Å². The molecule has 8 nitrogen and oxygen atoms in total. The number of hydrogen-bond acceptors (Lipinski definition) is 6. The Bertz CT molecular complexity index is 1370. The summed E-state index contributed by atoms with van der Waals surface area (Å²) >= 11 is 0. The lowest BCUT2D eigenvalue weighted by atomic mass is 9.83. The van der Waals surface area contributed by atoms with E-state index < -0.39 is 0 Å². The van der Waals surface area contributed by atoms with Crippen molar-refractivity contribution in [2.24, 2.45) is 12.8 Å². The first kappa shape index (κ1) is 20.5. The van der Waals surface area contributed by atoms with E-state index in [9.17, 15) is 5.26 Å². The largest absolute Gasteiger partial charge is 0.422 e. The number of aryl methyl sites for hydroxylation is 2. The maximum absolute atomic E-state index is 9.90. The highest BCUT2D eigenvalue weighted by Crippen LogP contribution is 2.44. The second kappa shape index (κ2) is 8.28. The van der Waals surface area contributed by atoms with Crippen LogP contribution in [0.2, 0.25) is 0 Å². The molecule has 0 radical (unpaired) electrons. The Labute approximate surface area is 191 Å². The number of ether oxygens (including phenoxy) is 1. The zero-order valence-corrected chi connectivity index (χ0v) is 18.4. The summed E-state index contributed by atoms with van der Waals surface area (Å²) in [5.74, 6) is 1.14. The molecule has 3 aromatic heterocycles. The highest BCUT2D eigenvalue weighted by Gasteiger charge is 2.35. The Morgan fingerprint density at radius 1 is 1.12 bits per heavy atom. The van der Waals surface area contributed by atoms with Gasteiger partial charge in [-0.05, 0) is 36.2 Å². The van der Waals surface area contributed by atoms with Gasteiger partial charge in [-0.3, -0.25) is 9.55 Å². The van der Waals surface area contributed by atoms with Crippen LogP contribution < -0.4 is 10.5 Å². The molecule has 2 N–H and O–H groups in total. The van der Waals surface area contributed by atoms with E-state index in [1.54, 1.807) is 17.1 Å². The van der Waals surface area contributed by atoms with Gasteiger partial charge in [0, 0.05) is 31.3 Å². The van der Waals surface area contributed by atoms with Gasteiger partial charge in [0.25, 0.3) is 0 Å². The van der Waals surface area contributed by atoms with E-state index in [4.69, 9.17) is 10.5 Å². The summed E-state index contributed by atoms with van der Waals surface area (Å²) in [6.07, 6.45) is 7.15. The van der Waals surface area contributed by atoms with Crippen molar-refractivity contribution in [1.29, 1.82) is 5.26 Å². The minimum Gasteiger partial charge on any atom is -0.422 e. The Hall–Kier alpha value is -4.38. The molecule has 1 aliphatic heterocycles. The van der Waals surface area contributed by atoms with Crippen molar-refractivity contribution in [2.75, 3.05) is 0 Å². The van der Waals surface area contributed by atoms with Gasteiger partial charge in [0.15, 0.2) is 5.82 Å². The number of pyridine rings is 1. The highest BCUT2D eigenvalue weighted by molar-refractivity contribution is 5.58. The van der Waals surface area contributed by atoms with Gasteiger partial charge in [-0.25, -0.2) is 9.67 Å². The summed E-state index contributed by atoms with van der Waals surface area (Å²) in [7, 11) is 1.83. The number of fused-ring (bicyclic) bond motifs is 1. The Kier molecular flexibility index (Phi) is 5.15. The molecule has 1 unspecified atom stereocenters. The number of nitriles is 1. The Balaban J connectivity index is 1.58. The maximum atomic E-state index is 9.90. The van der Waals surface area contributed by atoms with E-state index in [1.807, 2.05) is 60.3 Å². The lowest BCUT2D eigenvalue weighted by molar-refractivity contribution is 0.358. The smallest absolute Gasteiger partial charge is 0.224 e. The molecule has 4 heterocycles. The summed E-state index contributed by atoms with van der Waals surface area (Å²) in [5.41, 5.74) is 11.1. The van der Waals surface area contributed by atoms with Crippen molar-refractivity contribution in [3.63, 3.8) is 0 Å². The predicted octanol–water partition coefficient (Wildman–Crippen LogP) is 3.84. The molecule has 0 saturated carbocycles. The molecule has 164 valence electrons. The predicted molar refractivity (Wildman–Crippen MR) is 123 cm³/mol. The molecule has 5 rings (SSSR count). The number of aromatic nitrogens is 5. The topological polar surface area (TPSA) is 108 Å². The quantitative estimate of drug-likeness (QED) is 0.508. The first-order valence-electron chi connectivity index (χ1n) is 10.8. The second-order valence-corrected chi connectivity index (χ2v) is 7.89. The summed E-state index contributed by atoms with van der Waals surface area (Å²) < 4.78 is 9.50. The standard InChI is InChI=1S/C25H23N7O/c1-3-6-19-22-21(18(15-26)23(27)33-25(22)31(2)30-19)16-8-10-17(11-9-16)32-14-13-29-24(32)20-7-4-5-12-28-20/h4-5,7-14,21H,3,6,27H2,1-2H3. The van der Waals surface area contributed by atoms with Crippen LogP contribution in [0.4, 0.5) is 0 Å². The highest BCUT2D eigenvalue weighted by atomic mass is 16.5. The zero-order chi connectivity index (χ0) is 22.9. The van der Waals surface area contributed by atoms with Gasteiger partial charge >= 0.3 is 0 Å². The fraction of sp³-hybridized carbons (Fsp3) is 0.200. The molecule has 1 aliphatic rings. The lowest BCUT2D eigenvalue weighted by Crippen LogP contribution is -2.22. The number of nitrogens with two attached hydrogens (primary N) is 1. The molecule has 0 aliphatic carbocycles. The maximum Gasteiger partial charge on any atom is 0.224 e. The number of hydrogen-bond donors (Lipinski definition) is 1. The number of nitrogens with zero attached hydrogens (tertiary/aromatic N) is 6. The molecule has 1 atom stereocenters. The van der Waals surface area contributed by atoms with E-state index in [0.717, 1.165) is 46.9 Å². The average molecular weight is 438 g/mol. The lowest BCUT2D eigenvalue weighted by Gasteiger charge is -2.25. The third kappa shape index (κ3) is 3.44. The molecule has 33 heavy (non-hydrogen) atoms. The summed E-state index contributed by atoms with van der Waals surface area (Å²) in [4.78, 5) is 8.90. The van der Waals surface area contributed by atoms with Crippen molar-refractivity contribution in [2.45, 2.75) is 25.7 Å². The van der Waals surface area contributed by atoms with Crippen molar-refractivity contribution in [1.82, 2.24) is 24.3 Å². The fourth-order valence-corrected chi connectivity index (χ4v) is 4.33. The molecule has 1 aromatic carbocycles. The van der Waals surface area contributed by atoms with Crippen LogP contribution in [0.5, 0.6) is 5.88 Å². The van der Waals surface area contributed by atoms with Crippen LogP contribution in [-0.2, 0) is 13.5 Å². The van der Waals surface area contributed by atoms with Gasteiger partial charge in [0.05, 0.1) is 17.2 Å². The van der Waals surface area contributed by atoms with E-state index >= 15 is 0 Å². The normalized spacial score (nSPS) is 15.1. The van der Waals surface area contributed by atoms with E-state index in [1.165, 1.54) is 0 Å². The van der Waals surface area contributed by atoms with Gasteiger partial charge in [-0.15, -0.1) is 0 Å². The molecular weight excluding hydrogens is 414 g/mol. The molecule has 0 saturated heterocycles. The number of rotatable bonds is 5. The summed E-state index contributed by atoms with van der Waals surface area (Å²) in [6.45, 7) is 2.11. The van der Waals surface area contributed by atoms with Crippen molar-refractivity contribution in [3.05, 3.63) is 89.3 Å². The first-order chi connectivity index (χ1) is 16.1. The monoisotopic (exact) mass is 437 g/mol. The van der Waals surface area contributed by atoms with Gasteiger partial charge in [0.1, 0.15) is 17.3 Å². The number of imidazole rings is 1. The Morgan fingerprint density at radius 3 is 2.64 bits per heavy atom. The van der Waals surface area contributed by atoms with Crippen LogP contribution in [0, 0.1) is 11.3 Å². The van der Waals surface area contributed by atoms with Gasteiger partial charge in [0.2, 0.25) is 11.8 Å². The first-order valence-corrected chi connectivity index (χ1v) is 10.8. The number of benzene rings is 1. The summed E-state index contributed by atoms with van der Waals surface area (Å²) in [5, 5.41) is 14.5. The molecular formula is C25H23N7O. The third-order valence-electron chi connectivity index (χ3n) is 5.80. The zero-order valence-electron chi connectivity index (χ0n) is 18.4. The minimum absolute atomic E-state index is 0.122. The average Bonchev–Trinajstić information content (AvgIpc) is 3.44. The van der Waals surface area contributed by atoms with Gasteiger partial charge in [-0.2, -0.15) is 10.4 Å². The summed E-state index contributed by atoms with van der Waals surface area (Å²) in [6, 6.07) is 16.1. The Morgan fingerprint density at radius 2 is 1.94 bits per heavy atom. The fourth-order valence-electron chi connectivity index (χ4n) is 4.33. The third-order valence-corrected chi connectivity index (χ3v) is 5.80. The van der Waals surface area contributed by atoms with Gasteiger partial charge in [-0.1, -0.05) is 31.5 Å². The molecule has 0 bridgehead atoms. The van der Waals surface area contributed by atoms with Crippen LogP contribution in [0.1, 0.15) is 36.1 Å². The van der Waals surface area contributed by atoms with Crippen molar-refractivity contribution >= 4 is 0 Å². The van der Waals surface area contributed by atoms with E-state index in [0.29, 0.717) is 11.5 Å². The SMILES string of the molecule is CCCc1nn(C)c2c1C(c1ccc(-n3ccnc3-c3ccccn3)cc1)C(C#N)=C(N)O2. The molecule has 8 heteroatoms. The molecule has 0 fully saturated rings. The van der Waals surface area contributed by atoms with Crippen LogP contribution >= 0.6 is 0 Å². The number of allylic oxidation sites excluding steroid dienone is 1. The van der Waals surface area contributed by atoms with Crippen LogP contribution in [0.15, 0.2) is 72.5 Å². The van der Waals surface area contributed by atoms with Gasteiger partial charge < -0.3 is 10.5 Å². The second-order valence-electron chi connectivity index (χ2n) is 7.89. The van der Waals surface area contributed by atoms with Crippen LogP contribution in [0.25, 0.3) is 17.2 Å². The molecule has 0 amide bonds. The van der Waals surface area contributed by atoms with E-state index in [2.05, 4.69) is 28.1 Å². The van der Waals surface area contributed by atoms with E-state index in [-0.39, 0.29) is 11.8 Å². The van der Waals surface area contributed by atoms with Crippen LogP contribution in [0.3, 0.4) is 0 Å². The molecule has 0 spiro atoms. The van der Waals surface area contributed by atoms with Crippen molar-refractivity contribution in [3.8, 4) is 29.2 Å². The molecule has 4 aromatic rings.